The molecule has 1 amide bonds. The van der Waals surface area contributed by atoms with Crippen LogP contribution in [0.15, 0.2) is 77.9 Å². The number of carbonyl (C=O) groups excluding carboxylic acids is 1. The number of aliphatic hydroxyl groups is 1. The number of rotatable bonds is 10. The van der Waals surface area contributed by atoms with E-state index < -0.39 is 20.0 Å². The Hall–Kier alpha value is -4.10. The Labute approximate surface area is 262 Å². The molecule has 1 saturated heterocycles. The molecule has 236 valence electrons. The van der Waals surface area contributed by atoms with Crippen molar-refractivity contribution in [2.75, 3.05) is 18.6 Å². The summed E-state index contributed by atoms with van der Waals surface area (Å²) in [7, 11) is -1.42. The third-order valence-corrected chi connectivity index (χ3v) is 11.7. The number of ether oxygens (including phenoxy) is 2. The molecule has 2 N–H and O–H groups in total. The second kappa shape index (κ2) is 12.0. The van der Waals surface area contributed by atoms with Crippen LogP contribution in [0.1, 0.15) is 30.2 Å². The molecule has 4 atom stereocenters. The number of nitrogens with zero attached hydrogens (tertiary/aromatic N) is 5. The third-order valence-electron chi connectivity index (χ3n) is 9.16. The smallest absolute Gasteiger partial charge is 0.297 e. The molecule has 0 unspecified atom stereocenters. The minimum atomic E-state index is -2.88. The second-order valence-electron chi connectivity index (χ2n) is 12.4. The van der Waals surface area contributed by atoms with E-state index in [1.165, 1.54) is 11.7 Å². The SMILES string of the molecule is COc1cccn(-c2ccc3c(c2)[C@]2(O[C@@H](CCn4cc(CCO)nn4)[C@H]([Si](C)(C)O)[C@H]2C)C(=O)N3Cc2ccccc2)c1=O. The maximum Gasteiger partial charge on any atom is 0.297 e. The molecule has 2 aliphatic rings. The summed E-state index contributed by atoms with van der Waals surface area (Å²) in [4.78, 5) is 41.4. The lowest BCUT2D eigenvalue weighted by Crippen LogP contribution is -2.46. The Balaban J connectivity index is 1.45. The van der Waals surface area contributed by atoms with Crippen molar-refractivity contribution in [2.24, 2.45) is 5.92 Å². The third kappa shape index (κ3) is 5.41. The van der Waals surface area contributed by atoms with E-state index in [1.807, 2.05) is 68.5 Å². The summed E-state index contributed by atoms with van der Waals surface area (Å²) in [6.07, 6.45) is 3.96. The summed E-state index contributed by atoms with van der Waals surface area (Å²) in [6.45, 7) is 6.61. The van der Waals surface area contributed by atoms with Crippen LogP contribution in [0.25, 0.3) is 5.69 Å². The van der Waals surface area contributed by atoms with Gasteiger partial charge in [0.1, 0.15) is 0 Å². The first kappa shape index (κ1) is 30.9. The number of hydrogen-bond acceptors (Lipinski definition) is 8. The van der Waals surface area contributed by atoms with Crippen LogP contribution >= 0.6 is 0 Å². The molecule has 0 aliphatic carbocycles. The molecule has 0 bridgehead atoms. The van der Waals surface area contributed by atoms with E-state index in [4.69, 9.17) is 9.47 Å². The van der Waals surface area contributed by atoms with Gasteiger partial charge in [-0.15, -0.1) is 5.10 Å². The topological polar surface area (TPSA) is 132 Å². The lowest BCUT2D eigenvalue weighted by atomic mass is 9.82. The van der Waals surface area contributed by atoms with Gasteiger partial charge in [-0.05, 0) is 55.4 Å². The van der Waals surface area contributed by atoms with E-state index in [0.717, 1.165) is 11.3 Å². The fraction of sp³-hybridized carbons (Fsp3) is 0.394. The predicted octanol–water partition coefficient (Wildman–Crippen LogP) is 3.41. The largest absolute Gasteiger partial charge is 0.491 e. The molecule has 2 aliphatic heterocycles. The molecular weight excluding hydrogens is 590 g/mol. The molecule has 1 spiro atoms. The first-order valence-electron chi connectivity index (χ1n) is 15.2. The van der Waals surface area contributed by atoms with Crippen molar-refractivity contribution in [2.45, 2.75) is 63.2 Å². The molecule has 0 radical (unpaired) electrons. The summed E-state index contributed by atoms with van der Waals surface area (Å²) >= 11 is 0. The van der Waals surface area contributed by atoms with Crippen molar-refractivity contribution >= 4 is 19.9 Å². The standard InChI is InChI=1S/C33H39N5O6Si/c1-22-30(45(3,4)42)28(14-17-36-21-24(15-18-39)34-35-36)44-33(22)26-19-25(37-16-8-11-29(43-2)31(37)40)12-13-27(26)38(32(33)41)20-23-9-6-5-7-10-23/h5-13,16,19,21-22,28,30,39,42H,14-15,17-18,20H2,1-4H3/t22-,28+,30-,33+/m1/s1. The Morgan fingerprint density at radius 3 is 2.58 bits per heavy atom. The lowest BCUT2D eigenvalue weighted by molar-refractivity contribution is -0.146. The highest BCUT2D eigenvalue weighted by atomic mass is 28.4. The van der Waals surface area contributed by atoms with Crippen LogP contribution in [0.5, 0.6) is 5.75 Å². The number of carbonyl (C=O) groups is 1. The summed E-state index contributed by atoms with van der Waals surface area (Å²) in [6, 6.07) is 18.7. The first-order chi connectivity index (χ1) is 21.6. The number of anilines is 1. The van der Waals surface area contributed by atoms with Crippen LogP contribution in [0, 0.1) is 5.92 Å². The van der Waals surface area contributed by atoms with Crippen molar-refractivity contribution in [3.05, 3.63) is 100 Å². The Bertz CT molecular complexity index is 1750. The lowest BCUT2D eigenvalue weighted by Gasteiger charge is -2.32. The molecule has 0 saturated carbocycles. The van der Waals surface area contributed by atoms with Crippen molar-refractivity contribution in [3.63, 3.8) is 0 Å². The summed E-state index contributed by atoms with van der Waals surface area (Å²) in [5, 5.41) is 17.6. The molecule has 2 aromatic carbocycles. The molecule has 45 heavy (non-hydrogen) atoms. The van der Waals surface area contributed by atoms with Crippen molar-refractivity contribution < 1.29 is 24.2 Å². The van der Waals surface area contributed by atoms with Gasteiger partial charge in [0.05, 0.1) is 31.1 Å². The van der Waals surface area contributed by atoms with Gasteiger partial charge in [-0.3, -0.25) is 18.8 Å². The maximum atomic E-state index is 14.8. The van der Waals surface area contributed by atoms with Crippen molar-refractivity contribution in [1.82, 2.24) is 19.6 Å². The van der Waals surface area contributed by atoms with Crippen molar-refractivity contribution in [3.8, 4) is 11.4 Å². The molecule has 2 aromatic heterocycles. The van der Waals surface area contributed by atoms with Crippen LogP contribution in [0.3, 0.4) is 0 Å². The van der Waals surface area contributed by atoms with Gasteiger partial charge in [-0.1, -0.05) is 42.5 Å². The molecule has 11 nitrogen and oxygen atoms in total. The van der Waals surface area contributed by atoms with E-state index in [9.17, 15) is 19.5 Å². The van der Waals surface area contributed by atoms with E-state index in [-0.39, 0.29) is 35.3 Å². The number of aliphatic hydroxyl groups excluding tert-OH is 1. The van der Waals surface area contributed by atoms with E-state index in [0.29, 0.717) is 42.9 Å². The van der Waals surface area contributed by atoms with Crippen LogP contribution in [0.2, 0.25) is 18.6 Å². The van der Waals surface area contributed by atoms with Crippen LogP contribution in [0.4, 0.5) is 5.69 Å². The van der Waals surface area contributed by atoms with Crippen LogP contribution in [-0.4, -0.2) is 63.5 Å². The highest BCUT2D eigenvalue weighted by molar-refractivity contribution is 6.71. The quantitative estimate of drug-likeness (QED) is 0.255. The molecule has 1 fully saturated rings. The number of amides is 1. The number of benzene rings is 2. The summed E-state index contributed by atoms with van der Waals surface area (Å²) in [5.74, 6) is -0.330. The van der Waals surface area contributed by atoms with Gasteiger partial charge in [-0.2, -0.15) is 0 Å². The molecule has 4 heterocycles. The van der Waals surface area contributed by atoms with E-state index in [2.05, 4.69) is 10.3 Å². The zero-order valence-corrected chi connectivity index (χ0v) is 27.0. The maximum absolute atomic E-state index is 14.8. The van der Waals surface area contributed by atoms with Gasteiger partial charge in [-0.25, -0.2) is 0 Å². The fourth-order valence-corrected chi connectivity index (χ4v) is 9.78. The number of aryl methyl sites for hydroxylation is 1. The summed E-state index contributed by atoms with van der Waals surface area (Å²) < 4.78 is 15.5. The van der Waals surface area contributed by atoms with Gasteiger partial charge in [0, 0.05) is 54.7 Å². The first-order valence-corrected chi connectivity index (χ1v) is 18.3. The van der Waals surface area contributed by atoms with Gasteiger partial charge in [0.15, 0.2) is 19.7 Å². The highest BCUT2D eigenvalue weighted by Crippen LogP contribution is 2.60. The van der Waals surface area contributed by atoms with Gasteiger partial charge in [0.25, 0.3) is 11.5 Å². The molecule has 12 heteroatoms. The van der Waals surface area contributed by atoms with E-state index >= 15 is 0 Å². The normalized spacial score (nSPS) is 22.8. The summed E-state index contributed by atoms with van der Waals surface area (Å²) in [5.41, 5.74) is 1.71. The molecular formula is C33H39N5O6Si. The van der Waals surface area contributed by atoms with Gasteiger partial charge in [0.2, 0.25) is 0 Å². The molecule has 4 aromatic rings. The minimum absolute atomic E-state index is 0.0122. The van der Waals surface area contributed by atoms with Crippen LogP contribution in [-0.2, 0) is 34.6 Å². The average Bonchev–Trinajstić information content (AvgIpc) is 3.66. The monoisotopic (exact) mass is 629 g/mol. The fourth-order valence-electron chi connectivity index (χ4n) is 7.18. The highest BCUT2D eigenvalue weighted by Gasteiger charge is 2.66. The second-order valence-corrected chi connectivity index (χ2v) is 16.4. The Morgan fingerprint density at radius 1 is 1.09 bits per heavy atom. The number of hydrogen-bond donors (Lipinski definition) is 2. The zero-order chi connectivity index (χ0) is 31.9. The molecule has 6 rings (SSSR count). The van der Waals surface area contributed by atoms with Gasteiger partial charge < -0.3 is 24.3 Å². The number of methoxy groups -OCH3 is 1. The Morgan fingerprint density at radius 2 is 1.87 bits per heavy atom. The van der Waals surface area contributed by atoms with Gasteiger partial charge >= 0.3 is 0 Å². The Kier molecular flexibility index (Phi) is 8.25. The minimum Gasteiger partial charge on any atom is -0.491 e. The zero-order valence-electron chi connectivity index (χ0n) is 26.0. The van der Waals surface area contributed by atoms with Crippen LogP contribution < -0.4 is 15.2 Å². The average molecular weight is 630 g/mol. The number of pyridine rings is 1. The van der Waals surface area contributed by atoms with E-state index in [1.54, 1.807) is 34.1 Å². The van der Waals surface area contributed by atoms with Crippen molar-refractivity contribution in [1.29, 1.82) is 0 Å². The number of aromatic nitrogens is 4. The predicted molar refractivity (Wildman–Crippen MR) is 171 cm³/mol. The number of fused-ring (bicyclic) bond motifs is 2.